The minimum absolute atomic E-state index is 0.0731. The molecule has 1 saturated heterocycles. The van der Waals surface area contributed by atoms with Crippen LogP contribution >= 0.6 is 0 Å². The molecule has 1 aliphatic rings. The molecule has 33 heavy (non-hydrogen) atoms. The molecule has 0 amide bonds. The lowest BCUT2D eigenvalue weighted by molar-refractivity contribution is 0.220. The lowest BCUT2D eigenvalue weighted by atomic mass is 9.99. The zero-order chi connectivity index (χ0) is 22.8. The predicted octanol–water partition coefficient (Wildman–Crippen LogP) is 4.15. The molecule has 0 radical (unpaired) electrons. The Morgan fingerprint density at radius 1 is 1.00 bits per heavy atom. The van der Waals surface area contributed by atoms with Crippen molar-refractivity contribution in [2.24, 2.45) is 0 Å². The van der Waals surface area contributed by atoms with Crippen molar-refractivity contribution in [3.8, 4) is 0 Å². The number of aromatic nitrogens is 5. The highest BCUT2D eigenvalue weighted by Gasteiger charge is 2.31. The van der Waals surface area contributed by atoms with Crippen molar-refractivity contribution in [3.05, 3.63) is 87.0 Å². The highest BCUT2D eigenvalue weighted by atomic mass is 16.1. The normalized spacial score (nSPS) is 16.1. The van der Waals surface area contributed by atoms with E-state index in [0.717, 1.165) is 59.3 Å². The molecule has 1 unspecified atom stereocenters. The third kappa shape index (κ3) is 4.46. The minimum atomic E-state index is -0.296. The number of aromatic amines is 1. The van der Waals surface area contributed by atoms with Crippen molar-refractivity contribution in [3.63, 3.8) is 0 Å². The van der Waals surface area contributed by atoms with E-state index in [4.69, 9.17) is 0 Å². The molecule has 0 saturated carbocycles. The zero-order valence-electron chi connectivity index (χ0n) is 19.3. The quantitative estimate of drug-likeness (QED) is 0.502. The van der Waals surface area contributed by atoms with Gasteiger partial charge in [0.1, 0.15) is 6.04 Å². The first-order valence-electron chi connectivity index (χ1n) is 11.8. The van der Waals surface area contributed by atoms with E-state index in [1.807, 2.05) is 28.9 Å². The number of nitrogens with one attached hydrogen (secondary N) is 1. The van der Waals surface area contributed by atoms with Crippen LogP contribution in [0.3, 0.4) is 0 Å². The van der Waals surface area contributed by atoms with Gasteiger partial charge in [-0.15, -0.1) is 5.10 Å². The van der Waals surface area contributed by atoms with Crippen LogP contribution in [0.1, 0.15) is 59.8 Å². The van der Waals surface area contributed by atoms with E-state index >= 15 is 0 Å². The molecule has 4 aromatic rings. The van der Waals surface area contributed by atoms with Crippen LogP contribution in [0, 0.1) is 13.8 Å². The Kier molecular flexibility index (Phi) is 6.05. The third-order valence-corrected chi connectivity index (χ3v) is 6.62. The Labute approximate surface area is 193 Å². The number of rotatable bonds is 5. The van der Waals surface area contributed by atoms with Crippen molar-refractivity contribution >= 4 is 10.9 Å². The number of fused-ring (bicyclic) bond motifs is 1. The van der Waals surface area contributed by atoms with Crippen molar-refractivity contribution in [2.45, 2.75) is 52.1 Å². The summed E-state index contributed by atoms with van der Waals surface area (Å²) in [5, 5.41) is 13.9. The summed E-state index contributed by atoms with van der Waals surface area (Å²) in [4.78, 5) is 19.0. The number of tetrazole rings is 1. The Hall–Kier alpha value is -3.32. The van der Waals surface area contributed by atoms with Gasteiger partial charge in [-0.2, -0.15) is 0 Å². The Morgan fingerprint density at radius 3 is 2.52 bits per heavy atom. The van der Waals surface area contributed by atoms with E-state index in [9.17, 15) is 4.79 Å². The highest BCUT2D eigenvalue weighted by Crippen LogP contribution is 2.30. The number of pyridine rings is 1. The van der Waals surface area contributed by atoms with E-state index in [0.29, 0.717) is 12.1 Å². The van der Waals surface area contributed by atoms with Gasteiger partial charge in [-0.3, -0.25) is 9.69 Å². The summed E-state index contributed by atoms with van der Waals surface area (Å²) in [7, 11) is 0. The molecule has 0 bridgehead atoms. The van der Waals surface area contributed by atoms with Crippen LogP contribution < -0.4 is 5.56 Å². The molecule has 2 aromatic heterocycles. The van der Waals surface area contributed by atoms with Crippen molar-refractivity contribution in [2.75, 3.05) is 13.1 Å². The van der Waals surface area contributed by atoms with E-state index in [1.165, 1.54) is 12.8 Å². The van der Waals surface area contributed by atoms with Gasteiger partial charge in [-0.1, -0.05) is 49.2 Å². The number of H-pyrrole nitrogens is 1. The molecule has 7 nitrogen and oxygen atoms in total. The monoisotopic (exact) mass is 442 g/mol. The first kappa shape index (κ1) is 21.5. The fourth-order valence-electron chi connectivity index (χ4n) is 5.02. The number of aryl methyl sites for hydroxylation is 2. The molecule has 0 spiro atoms. The van der Waals surface area contributed by atoms with Gasteiger partial charge in [0.15, 0.2) is 5.82 Å². The topological polar surface area (TPSA) is 79.7 Å². The van der Waals surface area contributed by atoms with Gasteiger partial charge in [0.05, 0.1) is 6.54 Å². The SMILES string of the molecule is Cc1cc(C)c2cc(C(c3nnnn3Cc3ccccc3)N3CCCCCC3)c(=O)[nH]c2c1. The van der Waals surface area contributed by atoms with Crippen LogP contribution in [0.25, 0.3) is 10.9 Å². The molecule has 7 heteroatoms. The highest BCUT2D eigenvalue weighted by molar-refractivity contribution is 5.83. The van der Waals surface area contributed by atoms with Crippen LogP contribution in [0.5, 0.6) is 0 Å². The number of hydrogen-bond acceptors (Lipinski definition) is 5. The maximum Gasteiger partial charge on any atom is 0.253 e. The van der Waals surface area contributed by atoms with Crippen LogP contribution in [-0.2, 0) is 6.54 Å². The third-order valence-electron chi connectivity index (χ3n) is 6.62. The number of hydrogen-bond donors (Lipinski definition) is 1. The molecule has 170 valence electrons. The number of nitrogens with zero attached hydrogens (tertiary/aromatic N) is 5. The molecule has 3 heterocycles. The molecule has 1 atom stereocenters. The van der Waals surface area contributed by atoms with Gasteiger partial charge in [-0.05, 0) is 79.0 Å². The molecule has 1 aliphatic heterocycles. The van der Waals surface area contributed by atoms with Crippen LogP contribution in [0.4, 0.5) is 0 Å². The van der Waals surface area contributed by atoms with Gasteiger partial charge in [0.2, 0.25) is 0 Å². The van der Waals surface area contributed by atoms with Crippen molar-refractivity contribution in [1.82, 2.24) is 30.1 Å². The van der Waals surface area contributed by atoms with Crippen molar-refractivity contribution in [1.29, 1.82) is 0 Å². The molecule has 5 rings (SSSR count). The summed E-state index contributed by atoms with van der Waals surface area (Å²) in [6, 6.07) is 16.1. The van der Waals surface area contributed by atoms with E-state index < -0.39 is 0 Å². The first-order chi connectivity index (χ1) is 16.1. The average Bonchev–Trinajstić information content (AvgIpc) is 3.07. The van der Waals surface area contributed by atoms with E-state index in [1.54, 1.807) is 0 Å². The van der Waals surface area contributed by atoms with E-state index in [-0.39, 0.29) is 11.6 Å². The summed E-state index contributed by atoms with van der Waals surface area (Å²) < 4.78 is 1.84. The van der Waals surface area contributed by atoms with Gasteiger partial charge < -0.3 is 4.98 Å². The maximum atomic E-state index is 13.4. The molecule has 0 aliphatic carbocycles. The van der Waals surface area contributed by atoms with E-state index in [2.05, 4.69) is 63.5 Å². The fraction of sp³-hybridized carbons (Fsp3) is 0.385. The van der Waals surface area contributed by atoms with Gasteiger partial charge in [-0.25, -0.2) is 4.68 Å². The van der Waals surface area contributed by atoms with Gasteiger partial charge >= 0.3 is 0 Å². The molecule has 2 aromatic carbocycles. The molecule has 1 fully saturated rings. The molecular formula is C26H30N6O. The summed E-state index contributed by atoms with van der Waals surface area (Å²) in [6.07, 6.45) is 4.65. The second-order valence-electron chi connectivity index (χ2n) is 9.13. The molecule has 1 N–H and O–H groups in total. The predicted molar refractivity (Wildman–Crippen MR) is 129 cm³/mol. The smallest absolute Gasteiger partial charge is 0.253 e. The Bertz CT molecular complexity index is 1300. The molecular weight excluding hydrogens is 412 g/mol. The zero-order valence-corrected chi connectivity index (χ0v) is 19.3. The first-order valence-corrected chi connectivity index (χ1v) is 11.8. The van der Waals surface area contributed by atoms with Crippen LogP contribution in [0.2, 0.25) is 0 Å². The summed E-state index contributed by atoms with van der Waals surface area (Å²) >= 11 is 0. The Balaban J connectivity index is 1.65. The van der Waals surface area contributed by atoms with Crippen molar-refractivity contribution < 1.29 is 0 Å². The second-order valence-corrected chi connectivity index (χ2v) is 9.13. The standard InChI is InChI=1S/C26H30N6O/c1-18-14-19(2)21-16-22(26(33)27-23(21)15-18)24(31-12-8-3-4-9-13-31)25-28-29-30-32(25)17-20-10-6-5-7-11-20/h5-7,10-11,14-16,24H,3-4,8-9,12-13,17H2,1-2H3,(H,27,33). The van der Waals surface area contributed by atoms with Gasteiger partial charge in [0.25, 0.3) is 5.56 Å². The van der Waals surface area contributed by atoms with Gasteiger partial charge in [0, 0.05) is 16.5 Å². The number of benzene rings is 2. The van der Waals surface area contributed by atoms with Crippen LogP contribution in [-0.4, -0.2) is 43.2 Å². The Morgan fingerprint density at radius 2 is 1.76 bits per heavy atom. The lowest BCUT2D eigenvalue weighted by Crippen LogP contribution is -2.36. The number of likely N-dealkylation sites (tertiary alicyclic amines) is 1. The summed E-state index contributed by atoms with van der Waals surface area (Å²) in [6.45, 7) is 6.56. The summed E-state index contributed by atoms with van der Waals surface area (Å²) in [5.41, 5.74) is 4.93. The second kappa shape index (κ2) is 9.27. The summed E-state index contributed by atoms with van der Waals surface area (Å²) in [5.74, 6) is 0.718. The average molecular weight is 443 g/mol. The maximum absolute atomic E-state index is 13.4. The largest absolute Gasteiger partial charge is 0.322 e. The fourth-order valence-corrected chi connectivity index (χ4v) is 5.02. The lowest BCUT2D eigenvalue weighted by Gasteiger charge is -2.29. The van der Waals surface area contributed by atoms with Crippen LogP contribution in [0.15, 0.2) is 53.3 Å². The minimum Gasteiger partial charge on any atom is -0.322 e.